The number of hydrogen-bond acceptors (Lipinski definition) is 5. The predicted octanol–water partition coefficient (Wildman–Crippen LogP) is 3.25. The number of sulfonamides is 1. The third-order valence-corrected chi connectivity index (χ3v) is 6.62. The molecule has 0 amide bonds. The Morgan fingerprint density at radius 2 is 1.77 bits per heavy atom. The summed E-state index contributed by atoms with van der Waals surface area (Å²) in [5.41, 5.74) is 0. The summed E-state index contributed by atoms with van der Waals surface area (Å²) < 4.78 is 78.0. The zero-order valence-electron chi connectivity index (χ0n) is 13.3. The molecule has 0 bridgehead atoms. The molecule has 1 aromatic heterocycles. The van der Waals surface area contributed by atoms with Gasteiger partial charge in [-0.05, 0) is 37.1 Å². The van der Waals surface area contributed by atoms with E-state index in [0.717, 1.165) is 18.3 Å². The summed E-state index contributed by atoms with van der Waals surface area (Å²) in [5.74, 6) is -0.529. The van der Waals surface area contributed by atoms with Crippen LogP contribution in [0.2, 0.25) is 0 Å². The van der Waals surface area contributed by atoms with E-state index in [1.807, 2.05) is 0 Å². The summed E-state index contributed by atoms with van der Waals surface area (Å²) in [5, 5.41) is 0.275. The van der Waals surface area contributed by atoms with Crippen molar-refractivity contribution in [3.63, 3.8) is 0 Å². The Kier molecular flexibility index (Phi) is 5.22. The fraction of sp³-hybridized carbons (Fsp3) is 0.400. The molecule has 26 heavy (non-hydrogen) atoms. The average molecular weight is 409 g/mol. The molecular formula is C15H15F4N3O2S2. The van der Waals surface area contributed by atoms with Crippen LogP contribution in [0.1, 0.15) is 17.7 Å². The molecule has 11 heteroatoms. The lowest BCUT2D eigenvalue weighted by Gasteiger charge is -2.32. The normalized spacial score (nSPS) is 16.8. The maximum Gasteiger partial charge on any atom is 0.427 e. The van der Waals surface area contributed by atoms with Crippen LogP contribution in [-0.4, -0.2) is 32.5 Å². The van der Waals surface area contributed by atoms with Gasteiger partial charge >= 0.3 is 6.18 Å². The molecule has 1 fully saturated rings. The lowest BCUT2D eigenvalue weighted by atomic mass is 10.1. The summed E-state index contributed by atoms with van der Waals surface area (Å²) in [6, 6.07) is 4.15. The molecule has 0 spiro atoms. The highest BCUT2D eigenvalue weighted by Crippen LogP contribution is 2.36. The monoisotopic (exact) mass is 409 g/mol. The van der Waals surface area contributed by atoms with Crippen molar-refractivity contribution in [3.8, 4) is 0 Å². The van der Waals surface area contributed by atoms with Gasteiger partial charge in [-0.15, -0.1) is 0 Å². The number of aromatic nitrogens is 1. The number of hydrogen-bond donors (Lipinski definition) is 1. The van der Waals surface area contributed by atoms with E-state index in [2.05, 4.69) is 9.71 Å². The molecule has 5 nitrogen and oxygen atoms in total. The van der Waals surface area contributed by atoms with Gasteiger partial charge in [0.1, 0.15) is 10.7 Å². The van der Waals surface area contributed by atoms with Gasteiger partial charge in [-0.2, -0.15) is 13.2 Å². The number of nitrogens with zero attached hydrogens (tertiary/aromatic N) is 2. The number of benzene rings is 1. The largest absolute Gasteiger partial charge is 0.427 e. The zero-order chi connectivity index (χ0) is 18.9. The fourth-order valence-electron chi connectivity index (χ4n) is 2.63. The van der Waals surface area contributed by atoms with Crippen LogP contribution < -0.4 is 9.62 Å². The SMILES string of the molecule is O=S(=O)(NC1CCN(c2ncc(C(F)(F)F)s2)CC1)c1ccc(F)cc1. The average Bonchev–Trinajstić information content (AvgIpc) is 3.06. The minimum atomic E-state index is -4.42. The number of alkyl halides is 3. The van der Waals surface area contributed by atoms with Crippen LogP contribution in [0.15, 0.2) is 35.4 Å². The van der Waals surface area contributed by atoms with E-state index in [-0.39, 0.29) is 16.1 Å². The maximum atomic E-state index is 12.9. The van der Waals surface area contributed by atoms with Crippen LogP contribution in [0.4, 0.5) is 22.7 Å². The van der Waals surface area contributed by atoms with Gasteiger partial charge in [0, 0.05) is 19.1 Å². The summed E-state index contributed by atoms with van der Waals surface area (Å²) in [6.07, 6.45) is -2.74. The van der Waals surface area contributed by atoms with Gasteiger partial charge in [0.15, 0.2) is 5.13 Å². The summed E-state index contributed by atoms with van der Waals surface area (Å²) >= 11 is 0.575. The van der Waals surface area contributed by atoms with Crippen LogP contribution >= 0.6 is 11.3 Å². The topological polar surface area (TPSA) is 62.3 Å². The first-order valence-corrected chi connectivity index (χ1v) is 10.0. The lowest BCUT2D eigenvalue weighted by Crippen LogP contribution is -2.44. The quantitative estimate of drug-likeness (QED) is 0.788. The van der Waals surface area contributed by atoms with E-state index in [1.165, 1.54) is 12.1 Å². The van der Waals surface area contributed by atoms with Gasteiger partial charge < -0.3 is 4.90 Å². The Balaban J connectivity index is 1.60. The molecule has 1 aliphatic heterocycles. The Hall–Kier alpha value is -1.72. The Morgan fingerprint density at radius 3 is 2.31 bits per heavy atom. The molecule has 2 heterocycles. The molecule has 1 N–H and O–H groups in total. The van der Waals surface area contributed by atoms with Gasteiger partial charge in [0.25, 0.3) is 0 Å². The van der Waals surface area contributed by atoms with E-state index in [0.29, 0.717) is 37.3 Å². The van der Waals surface area contributed by atoms with Crippen LogP contribution in [0.3, 0.4) is 0 Å². The van der Waals surface area contributed by atoms with Gasteiger partial charge in [0.2, 0.25) is 10.0 Å². The fourth-order valence-corrected chi connectivity index (χ4v) is 4.77. The Morgan fingerprint density at radius 1 is 1.15 bits per heavy atom. The molecule has 142 valence electrons. The molecule has 1 aliphatic rings. The van der Waals surface area contributed by atoms with Crippen molar-refractivity contribution in [2.24, 2.45) is 0 Å². The molecule has 1 saturated heterocycles. The summed E-state index contributed by atoms with van der Waals surface area (Å²) in [6.45, 7) is 0.781. The number of rotatable bonds is 4. The van der Waals surface area contributed by atoms with Gasteiger partial charge in [-0.25, -0.2) is 22.5 Å². The van der Waals surface area contributed by atoms with E-state index in [9.17, 15) is 26.0 Å². The first-order valence-electron chi connectivity index (χ1n) is 7.71. The van der Waals surface area contributed by atoms with Gasteiger partial charge in [0.05, 0.1) is 11.1 Å². The van der Waals surface area contributed by atoms with Crippen molar-refractivity contribution in [2.75, 3.05) is 18.0 Å². The van der Waals surface area contributed by atoms with Crippen molar-refractivity contribution >= 4 is 26.5 Å². The minimum absolute atomic E-state index is 0.0314. The highest BCUT2D eigenvalue weighted by atomic mass is 32.2. The molecule has 0 aliphatic carbocycles. The second-order valence-corrected chi connectivity index (χ2v) is 8.56. The van der Waals surface area contributed by atoms with E-state index in [1.54, 1.807) is 4.90 Å². The van der Waals surface area contributed by atoms with Crippen LogP contribution in [-0.2, 0) is 16.2 Å². The molecule has 0 unspecified atom stereocenters. The molecule has 3 rings (SSSR count). The number of piperidine rings is 1. The summed E-state index contributed by atoms with van der Waals surface area (Å²) in [4.78, 5) is 4.73. The number of anilines is 1. The molecule has 2 aromatic rings. The van der Waals surface area contributed by atoms with Gasteiger partial charge in [-0.1, -0.05) is 11.3 Å². The highest BCUT2D eigenvalue weighted by molar-refractivity contribution is 7.89. The van der Waals surface area contributed by atoms with Crippen molar-refractivity contribution in [3.05, 3.63) is 41.2 Å². The standard InChI is InChI=1S/C15H15F4N3O2S2/c16-10-1-3-12(4-2-10)26(23,24)21-11-5-7-22(8-6-11)14-20-9-13(25-14)15(17,18)19/h1-4,9,11,21H,5-8H2. The van der Waals surface area contributed by atoms with Crippen LogP contribution in [0.5, 0.6) is 0 Å². The van der Waals surface area contributed by atoms with Crippen LogP contribution in [0.25, 0.3) is 0 Å². The molecule has 0 saturated carbocycles. The minimum Gasteiger partial charge on any atom is -0.348 e. The Labute approximate surface area is 151 Å². The second-order valence-electron chi connectivity index (χ2n) is 5.84. The number of nitrogens with one attached hydrogen (secondary N) is 1. The molecule has 0 atom stereocenters. The molecule has 1 aromatic carbocycles. The molecule has 0 radical (unpaired) electrons. The first kappa shape index (κ1) is 19.1. The van der Waals surface area contributed by atoms with Crippen LogP contribution in [0, 0.1) is 5.82 Å². The van der Waals surface area contributed by atoms with Gasteiger partial charge in [-0.3, -0.25) is 0 Å². The Bertz CT molecular complexity index is 858. The smallest absolute Gasteiger partial charge is 0.348 e. The highest BCUT2D eigenvalue weighted by Gasteiger charge is 2.34. The zero-order valence-corrected chi connectivity index (χ0v) is 15.0. The van der Waals surface area contributed by atoms with Crippen molar-refractivity contribution in [1.82, 2.24) is 9.71 Å². The van der Waals surface area contributed by atoms with E-state index >= 15 is 0 Å². The maximum absolute atomic E-state index is 12.9. The molecular weight excluding hydrogens is 394 g/mol. The van der Waals surface area contributed by atoms with Crippen molar-refractivity contribution in [1.29, 1.82) is 0 Å². The van der Waals surface area contributed by atoms with Crippen molar-refractivity contribution < 1.29 is 26.0 Å². The van der Waals surface area contributed by atoms with Crippen molar-refractivity contribution in [2.45, 2.75) is 30.0 Å². The second kappa shape index (κ2) is 7.12. The number of halogens is 4. The third kappa shape index (κ3) is 4.33. The number of thiazole rings is 1. The van der Waals surface area contributed by atoms with E-state index in [4.69, 9.17) is 0 Å². The first-order chi connectivity index (χ1) is 12.1. The lowest BCUT2D eigenvalue weighted by molar-refractivity contribution is -0.134. The predicted molar refractivity (Wildman–Crippen MR) is 89.1 cm³/mol. The van der Waals surface area contributed by atoms with E-state index < -0.39 is 26.9 Å². The summed E-state index contributed by atoms with van der Waals surface area (Å²) in [7, 11) is -3.77. The third-order valence-electron chi connectivity index (χ3n) is 3.98.